The summed E-state index contributed by atoms with van der Waals surface area (Å²) < 4.78 is 10.9. The fraction of sp³-hybridized carbons (Fsp3) is 0.214. The van der Waals surface area contributed by atoms with E-state index < -0.39 is 0 Å². The van der Waals surface area contributed by atoms with Crippen LogP contribution in [0.4, 0.5) is 5.69 Å². The molecule has 0 atom stereocenters. The number of nitrogens with two attached hydrogens (primary N) is 1. The molecule has 1 aromatic carbocycles. The molecule has 1 fully saturated rings. The number of anilines is 1. The standard InChI is InChI=1S/C14H14N2O2/c15-12-3-1-10(2-4-12)11-5-6-16-13(9-11)14-17-7-8-18-14/h1-6,9,14H,7-8,15H2. The SMILES string of the molecule is Nc1ccc(-c2ccnc(C3OCCO3)c2)cc1. The summed E-state index contributed by atoms with van der Waals surface area (Å²) in [6.45, 7) is 1.25. The molecule has 0 spiro atoms. The van der Waals surface area contributed by atoms with E-state index in [9.17, 15) is 0 Å². The molecule has 1 aliphatic rings. The van der Waals surface area contributed by atoms with Gasteiger partial charge in [-0.2, -0.15) is 0 Å². The summed E-state index contributed by atoms with van der Waals surface area (Å²) in [4.78, 5) is 4.29. The number of nitrogens with zero attached hydrogens (tertiary/aromatic N) is 1. The van der Waals surface area contributed by atoms with Crippen LogP contribution in [-0.4, -0.2) is 18.2 Å². The largest absolute Gasteiger partial charge is 0.399 e. The fourth-order valence-corrected chi connectivity index (χ4v) is 1.96. The maximum Gasteiger partial charge on any atom is 0.201 e. The van der Waals surface area contributed by atoms with E-state index in [1.165, 1.54) is 0 Å². The van der Waals surface area contributed by atoms with Gasteiger partial charge >= 0.3 is 0 Å². The first kappa shape index (κ1) is 11.2. The molecule has 0 unspecified atom stereocenters. The van der Waals surface area contributed by atoms with Crippen LogP contribution in [0.2, 0.25) is 0 Å². The molecule has 1 aromatic heterocycles. The van der Waals surface area contributed by atoms with Crippen LogP contribution < -0.4 is 5.73 Å². The zero-order valence-corrected chi connectivity index (χ0v) is 9.87. The first-order valence-electron chi connectivity index (χ1n) is 5.88. The number of pyridine rings is 1. The highest BCUT2D eigenvalue weighted by atomic mass is 16.7. The number of ether oxygens (including phenoxy) is 2. The van der Waals surface area contributed by atoms with Crippen LogP contribution in [0.25, 0.3) is 11.1 Å². The Kier molecular flexibility index (Phi) is 2.96. The molecular formula is C14H14N2O2. The van der Waals surface area contributed by atoms with Crippen molar-refractivity contribution in [2.75, 3.05) is 18.9 Å². The van der Waals surface area contributed by atoms with Gasteiger partial charge in [0.25, 0.3) is 0 Å². The highest BCUT2D eigenvalue weighted by Gasteiger charge is 2.19. The van der Waals surface area contributed by atoms with E-state index in [1.807, 2.05) is 36.4 Å². The summed E-state index contributed by atoms with van der Waals surface area (Å²) in [7, 11) is 0. The molecule has 0 amide bonds. The van der Waals surface area contributed by atoms with Crippen molar-refractivity contribution in [1.82, 2.24) is 4.98 Å². The second-order valence-electron chi connectivity index (χ2n) is 4.16. The smallest absolute Gasteiger partial charge is 0.201 e. The molecule has 2 heterocycles. The van der Waals surface area contributed by atoms with E-state index in [4.69, 9.17) is 15.2 Å². The number of rotatable bonds is 2. The van der Waals surface area contributed by atoms with Crippen LogP contribution in [0.3, 0.4) is 0 Å². The Morgan fingerprint density at radius 2 is 1.72 bits per heavy atom. The van der Waals surface area contributed by atoms with Crippen molar-refractivity contribution < 1.29 is 9.47 Å². The number of hydrogen-bond donors (Lipinski definition) is 1. The van der Waals surface area contributed by atoms with Gasteiger partial charge in [0.05, 0.1) is 18.9 Å². The molecule has 18 heavy (non-hydrogen) atoms. The molecular weight excluding hydrogens is 228 g/mol. The lowest BCUT2D eigenvalue weighted by Crippen LogP contribution is -2.01. The van der Waals surface area contributed by atoms with Crippen LogP contribution in [0.15, 0.2) is 42.6 Å². The van der Waals surface area contributed by atoms with Crippen LogP contribution in [-0.2, 0) is 9.47 Å². The predicted octanol–water partition coefficient (Wildman–Crippen LogP) is 2.38. The molecule has 0 bridgehead atoms. The van der Waals surface area contributed by atoms with Gasteiger partial charge in [-0.05, 0) is 35.4 Å². The van der Waals surface area contributed by atoms with Crippen molar-refractivity contribution in [2.45, 2.75) is 6.29 Å². The molecule has 1 aliphatic heterocycles. The third-order valence-corrected chi connectivity index (χ3v) is 2.89. The van der Waals surface area contributed by atoms with Gasteiger partial charge in [0.15, 0.2) is 0 Å². The minimum absolute atomic E-state index is 0.335. The number of benzene rings is 1. The molecule has 2 N–H and O–H groups in total. The minimum Gasteiger partial charge on any atom is -0.399 e. The molecule has 4 heteroatoms. The highest BCUT2D eigenvalue weighted by molar-refractivity contribution is 5.65. The van der Waals surface area contributed by atoms with E-state index in [0.29, 0.717) is 13.2 Å². The number of hydrogen-bond acceptors (Lipinski definition) is 4. The Balaban J connectivity index is 1.92. The maximum atomic E-state index is 5.68. The van der Waals surface area contributed by atoms with Gasteiger partial charge < -0.3 is 15.2 Å². The lowest BCUT2D eigenvalue weighted by atomic mass is 10.1. The average molecular weight is 242 g/mol. The molecule has 0 saturated carbocycles. The van der Waals surface area contributed by atoms with E-state index in [2.05, 4.69) is 4.98 Å². The summed E-state index contributed by atoms with van der Waals surface area (Å²) in [6.07, 6.45) is 1.44. The predicted molar refractivity (Wildman–Crippen MR) is 68.7 cm³/mol. The van der Waals surface area contributed by atoms with Crippen molar-refractivity contribution in [3.8, 4) is 11.1 Å². The van der Waals surface area contributed by atoms with Gasteiger partial charge in [-0.1, -0.05) is 12.1 Å². The van der Waals surface area contributed by atoms with Crippen LogP contribution in [0, 0.1) is 0 Å². The van der Waals surface area contributed by atoms with E-state index >= 15 is 0 Å². The second-order valence-corrected chi connectivity index (χ2v) is 4.16. The Hall–Kier alpha value is -1.91. The van der Waals surface area contributed by atoms with Crippen molar-refractivity contribution in [3.05, 3.63) is 48.3 Å². The zero-order valence-electron chi connectivity index (χ0n) is 9.87. The molecule has 4 nitrogen and oxygen atoms in total. The van der Waals surface area contributed by atoms with Crippen molar-refractivity contribution >= 4 is 5.69 Å². The summed E-state index contributed by atoms with van der Waals surface area (Å²) in [5.41, 5.74) is 9.43. The van der Waals surface area contributed by atoms with Crippen LogP contribution in [0.5, 0.6) is 0 Å². The lowest BCUT2D eigenvalue weighted by Gasteiger charge is -2.10. The minimum atomic E-state index is -0.335. The van der Waals surface area contributed by atoms with Gasteiger partial charge in [-0.25, -0.2) is 0 Å². The maximum absolute atomic E-state index is 5.68. The topological polar surface area (TPSA) is 57.4 Å². The van der Waals surface area contributed by atoms with Crippen molar-refractivity contribution in [2.24, 2.45) is 0 Å². The first-order chi connectivity index (χ1) is 8.83. The van der Waals surface area contributed by atoms with Gasteiger partial charge in [0, 0.05) is 11.9 Å². The Labute approximate surface area is 105 Å². The van der Waals surface area contributed by atoms with Gasteiger partial charge in [0.1, 0.15) is 0 Å². The molecule has 0 radical (unpaired) electrons. The van der Waals surface area contributed by atoms with Crippen molar-refractivity contribution in [3.63, 3.8) is 0 Å². The second kappa shape index (κ2) is 4.76. The third kappa shape index (κ3) is 2.20. The first-order valence-corrected chi connectivity index (χ1v) is 5.88. The van der Waals surface area contributed by atoms with E-state index in [-0.39, 0.29) is 6.29 Å². The summed E-state index contributed by atoms with van der Waals surface area (Å²) in [6, 6.07) is 11.7. The number of aromatic nitrogens is 1. The number of nitrogen functional groups attached to an aromatic ring is 1. The quantitative estimate of drug-likeness (QED) is 0.821. The zero-order chi connectivity index (χ0) is 12.4. The molecule has 0 aliphatic carbocycles. The van der Waals surface area contributed by atoms with Crippen LogP contribution in [0.1, 0.15) is 12.0 Å². The average Bonchev–Trinajstić information content (AvgIpc) is 2.94. The van der Waals surface area contributed by atoms with Gasteiger partial charge in [0.2, 0.25) is 6.29 Å². The molecule has 3 rings (SSSR count). The summed E-state index contributed by atoms with van der Waals surface area (Å²) >= 11 is 0. The van der Waals surface area contributed by atoms with E-state index in [0.717, 1.165) is 22.5 Å². The Bertz CT molecular complexity index is 534. The van der Waals surface area contributed by atoms with Gasteiger partial charge in [-0.15, -0.1) is 0 Å². The highest BCUT2D eigenvalue weighted by Crippen LogP contribution is 2.26. The van der Waals surface area contributed by atoms with Crippen LogP contribution >= 0.6 is 0 Å². The van der Waals surface area contributed by atoms with Gasteiger partial charge in [-0.3, -0.25) is 4.98 Å². The third-order valence-electron chi connectivity index (χ3n) is 2.89. The lowest BCUT2D eigenvalue weighted by molar-refractivity contribution is -0.0472. The van der Waals surface area contributed by atoms with Crippen molar-refractivity contribution in [1.29, 1.82) is 0 Å². The molecule has 1 saturated heterocycles. The summed E-state index contributed by atoms with van der Waals surface area (Å²) in [5.74, 6) is 0. The normalized spacial score (nSPS) is 16.0. The molecule has 92 valence electrons. The Morgan fingerprint density at radius 3 is 2.44 bits per heavy atom. The van der Waals surface area contributed by atoms with E-state index in [1.54, 1.807) is 6.20 Å². The Morgan fingerprint density at radius 1 is 1.00 bits per heavy atom. The fourth-order valence-electron chi connectivity index (χ4n) is 1.96. The summed E-state index contributed by atoms with van der Waals surface area (Å²) in [5, 5.41) is 0. The molecule has 2 aromatic rings. The monoisotopic (exact) mass is 242 g/mol.